The van der Waals surface area contributed by atoms with Crippen molar-refractivity contribution in [1.82, 2.24) is 10.3 Å². The number of hydrogen-bond acceptors (Lipinski definition) is 6. The van der Waals surface area contributed by atoms with E-state index in [1.165, 1.54) is 12.1 Å². The van der Waals surface area contributed by atoms with Crippen LogP contribution >= 0.6 is 0 Å². The maximum absolute atomic E-state index is 12.9. The number of aromatic nitrogens is 1. The Bertz CT molecular complexity index is 1400. The molecule has 1 aliphatic heterocycles. The van der Waals surface area contributed by atoms with E-state index >= 15 is 0 Å². The topological polar surface area (TPSA) is 102 Å². The van der Waals surface area contributed by atoms with Gasteiger partial charge < -0.3 is 24.5 Å². The summed E-state index contributed by atoms with van der Waals surface area (Å²) in [6.45, 7) is 2.59. The molecule has 34 heavy (non-hydrogen) atoms. The third-order valence-electron chi connectivity index (χ3n) is 5.42. The molecule has 9 heteroatoms. The molecule has 0 atom stereocenters. The smallest absolute Gasteiger partial charge is 0.262 e. The van der Waals surface area contributed by atoms with Crippen molar-refractivity contribution >= 4 is 26.6 Å². The van der Waals surface area contributed by atoms with Gasteiger partial charge in [0.15, 0.2) is 11.5 Å². The van der Waals surface area contributed by atoms with Crippen LogP contribution in [0.3, 0.4) is 0 Å². The van der Waals surface area contributed by atoms with E-state index in [0.717, 1.165) is 22.2 Å². The van der Waals surface area contributed by atoms with Crippen LogP contribution in [-0.4, -0.2) is 39.8 Å². The van der Waals surface area contributed by atoms with Crippen LogP contribution in [0.25, 0.3) is 10.9 Å². The number of anilines is 1. The molecule has 0 amide bonds. The predicted molar refractivity (Wildman–Crippen MR) is 130 cm³/mol. The third kappa shape index (κ3) is 4.95. The van der Waals surface area contributed by atoms with Gasteiger partial charge in [0, 0.05) is 41.9 Å². The van der Waals surface area contributed by atoms with Gasteiger partial charge in [-0.05, 0) is 48.0 Å². The normalized spacial score (nSPS) is 13.1. The van der Waals surface area contributed by atoms with Crippen LogP contribution in [0.2, 0.25) is 0 Å². The highest BCUT2D eigenvalue weighted by Crippen LogP contribution is 2.32. The molecule has 176 valence electrons. The van der Waals surface area contributed by atoms with Gasteiger partial charge in [-0.3, -0.25) is 4.72 Å². The Hall–Kier alpha value is -3.69. The number of sulfonamides is 1. The van der Waals surface area contributed by atoms with Gasteiger partial charge in [-0.25, -0.2) is 8.42 Å². The molecule has 0 spiro atoms. The number of aromatic amines is 1. The van der Waals surface area contributed by atoms with E-state index in [1.807, 2.05) is 48.7 Å². The van der Waals surface area contributed by atoms with Gasteiger partial charge in [0.1, 0.15) is 25.6 Å². The molecule has 5 rings (SSSR count). The summed E-state index contributed by atoms with van der Waals surface area (Å²) in [5, 5.41) is 4.39. The number of H-pyrrole nitrogens is 1. The van der Waals surface area contributed by atoms with Crippen LogP contribution in [0, 0.1) is 0 Å². The van der Waals surface area contributed by atoms with Gasteiger partial charge in [0.2, 0.25) is 0 Å². The first-order chi connectivity index (χ1) is 16.6. The van der Waals surface area contributed by atoms with E-state index in [9.17, 15) is 8.42 Å². The lowest BCUT2D eigenvalue weighted by Gasteiger charge is -2.19. The predicted octanol–water partition coefficient (Wildman–Crippen LogP) is 3.91. The zero-order chi connectivity index (χ0) is 23.4. The van der Waals surface area contributed by atoms with Gasteiger partial charge in [-0.15, -0.1) is 0 Å². The van der Waals surface area contributed by atoms with E-state index in [0.29, 0.717) is 50.1 Å². The Morgan fingerprint density at radius 3 is 2.71 bits per heavy atom. The van der Waals surface area contributed by atoms with Crippen molar-refractivity contribution in [3.8, 4) is 17.2 Å². The van der Waals surface area contributed by atoms with Crippen molar-refractivity contribution in [3.05, 3.63) is 78.5 Å². The van der Waals surface area contributed by atoms with Crippen molar-refractivity contribution in [2.75, 3.05) is 31.1 Å². The summed E-state index contributed by atoms with van der Waals surface area (Å²) in [7, 11) is -3.77. The summed E-state index contributed by atoms with van der Waals surface area (Å²) in [5.41, 5.74) is 2.49. The molecule has 0 aliphatic carbocycles. The number of benzene rings is 3. The standard InChI is InChI=1S/C25H25N3O5S/c29-34(30,20-7-8-24-25(16-20)33-14-13-32-24)28-19-4-1-3-18(15-19)17-26-11-12-31-23-6-2-5-22-21(23)9-10-27-22/h1-10,15-16,26-28H,11-14,17H2. The van der Waals surface area contributed by atoms with Crippen LogP contribution in [0.15, 0.2) is 77.8 Å². The van der Waals surface area contributed by atoms with Crippen LogP contribution in [0.1, 0.15) is 5.56 Å². The number of ether oxygens (including phenoxy) is 3. The first-order valence-electron chi connectivity index (χ1n) is 11.0. The molecule has 2 heterocycles. The highest BCUT2D eigenvalue weighted by molar-refractivity contribution is 7.92. The molecule has 0 unspecified atom stereocenters. The molecule has 0 bridgehead atoms. The Labute approximate surface area is 197 Å². The fourth-order valence-electron chi connectivity index (χ4n) is 3.80. The second-order valence-corrected chi connectivity index (χ2v) is 9.51. The van der Waals surface area contributed by atoms with Gasteiger partial charge in [0.05, 0.1) is 4.90 Å². The highest BCUT2D eigenvalue weighted by Gasteiger charge is 2.19. The second-order valence-electron chi connectivity index (χ2n) is 7.83. The highest BCUT2D eigenvalue weighted by atomic mass is 32.2. The Morgan fingerprint density at radius 2 is 1.79 bits per heavy atom. The minimum Gasteiger partial charge on any atom is -0.492 e. The zero-order valence-electron chi connectivity index (χ0n) is 18.4. The molecule has 0 fully saturated rings. The fourth-order valence-corrected chi connectivity index (χ4v) is 4.86. The molecular formula is C25H25N3O5S. The third-order valence-corrected chi connectivity index (χ3v) is 6.80. The quantitative estimate of drug-likeness (QED) is 0.315. The summed E-state index contributed by atoms with van der Waals surface area (Å²) >= 11 is 0. The summed E-state index contributed by atoms with van der Waals surface area (Å²) in [6.07, 6.45) is 1.89. The second kappa shape index (κ2) is 9.66. The Morgan fingerprint density at radius 1 is 0.941 bits per heavy atom. The first kappa shape index (κ1) is 22.1. The summed E-state index contributed by atoms with van der Waals surface area (Å²) in [6, 6.07) is 19.8. The van der Waals surface area contributed by atoms with Crippen LogP contribution in [-0.2, 0) is 16.6 Å². The fraction of sp³-hybridized carbons (Fsp3) is 0.200. The molecule has 3 aromatic carbocycles. The summed E-state index contributed by atoms with van der Waals surface area (Å²) in [5.74, 6) is 1.82. The van der Waals surface area contributed by atoms with Crippen molar-refractivity contribution in [3.63, 3.8) is 0 Å². The number of fused-ring (bicyclic) bond motifs is 2. The Balaban J connectivity index is 1.16. The van der Waals surface area contributed by atoms with E-state index in [1.54, 1.807) is 12.1 Å². The molecule has 0 saturated heterocycles. The van der Waals surface area contributed by atoms with Gasteiger partial charge in [-0.2, -0.15) is 0 Å². The minimum atomic E-state index is -3.77. The molecule has 0 saturated carbocycles. The Kier molecular flexibility index (Phi) is 6.29. The lowest BCUT2D eigenvalue weighted by atomic mass is 10.2. The van der Waals surface area contributed by atoms with Gasteiger partial charge in [-0.1, -0.05) is 18.2 Å². The van der Waals surface area contributed by atoms with Crippen molar-refractivity contribution < 1.29 is 22.6 Å². The lowest BCUT2D eigenvalue weighted by Crippen LogP contribution is -2.21. The summed E-state index contributed by atoms with van der Waals surface area (Å²) in [4.78, 5) is 3.29. The van der Waals surface area contributed by atoms with E-state index in [2.05, 4.69) is 15.0 Å². The maximum atomic E-state index is 12.9. The molecule has 8 nitrogen and oxygen atoms in total. The average molecular weight is 480 g/mol. The molecule has 1 aliphatic rings. The van der Waals surface area contributed by atoms with Crippen LogP contribution in [0.4, 0.5) is 5.69 Å². The molecule has 1 aromatic heterocycles. The molecular weight excluding hydrogens is 454 g/mol. The van der Waals surface area contributed by atoms with Crippen molar-refractivity contribution in [2.24, 2.45) is 0 Å². The zero-order valence-corrected chi connectivity index (χ0v) is 19.2. The number of nitrogens with one attached hydrogen (secondary N) is 3. The minimum absolute atomic E-state index is 0.120. The monoisotopic (exact) mass is 479 g/mol. The molecule has 3 N–H and O–H groups in total. The van der Waals surface area contributed by atoms with Crippen molar-refractivity contribution in [1.29, 1.82) is 0 Å². The largest absolute Gasteiger partial charge is 0.492 e. The van der Waals surface area contributed by atoms with Crippen molar-refractivity contribution in [2.45, 2.75) is 11.4 Å². The maximum Gasteiger partial charge on any atom is 0.262 e. The van der Waals surface area contributed by atoms with Gasteiger partial charge >= 0.3 is 0 Å². The lowest BCUT2D eigenvalue weighted by molar-refractivity contribution is 0.171. The first-order valence-corrected chi connectivity index (χ1v) is 12.5. The van der Waals surface area contributed by atoms with E-state index < -0.39 is 10.0 Å². The van der Waals surface area contributed by atoms with Crippen LogP contribution < -0.4 is 24.2 Å². The molecule has 4 aromatic rings. The average Bonchev–Trinajstić information content (AvgIpc) is 3.33. The van der Waals surface area contributed by atoms with Gasteiger partial charge in [0.25, 0.3) is 10.0 Å². The van der Waals surface area contributed by atoms with Crippen LogP contribution in [0.5, 0.6) is 17.2 Å². The number of hydrogen-bond donors (Lipinski definition) is 3. The SMILES string of the molecule is O=S(=O)(Nc1cccc(CNCCOc2cccc3[nH]ccc23)c1)c1ccc2c(c1)OCCO2. The number of rotatable bonds is 9. The van der Waals surface area contributed by atoms with E-state index in [-0.39, 0.29) is 4.90 Å². The molecule has 0 radical (unpaired) electrons. The summed E-state index contributed by atoms with van der Waals surface area (Å²) < 4.78 is 45.2. The van der Waals surface area contributed by atoms with E-state index in [4.69, 9.17) is 14.2 Å².